The van der Waals surface area contributed by atoms with E-state index in [1.54, 1.807) is 48.5 Å². The van der Waals surface area contributed by atoms with Crippen molar-refractivity contribution in [1.82, 2.24) is 14.8 Å². The molecule has 0 spiro atoms. The Hall–Kier alpha value is -2.22. The van der Waals surface area contributed by atoms with E-state index in [0.717, 1.165) is 5.56 Å². The molecule has 0 radical (unpaired) electrons. The summed E-state index contributed by atoms with van der Waals surface area (Å²) in [6, 6.07) is 11.1. The maximum atomic E-state index is 13.1. The summed E-state index contributed by atoms with van der Waals surface area (Å²) < 4.78 is 40.6. The SMILES string of the molecule is FC(F)(F)c1nc2n(n1)C(c1ccc(Cl)c(Cl)c1)C=C(c1ccc(Cl)cc1)N2. The molecular weight excluding hydrogens is 436 g/mol. The van der Waals surface area contributed by atoms with Crippen molar-refractivity contribution in [2.24, 2.45) is 0 Å². The van der Waals surface area contributed by atoms with Gasteiger partial charge in [-0.15, -0.1) is 5.10 Å². The van der Waals surface area contributed by atoms with E-state index >= 15 is 0 Å². The predicted octanol–water partition coefficient (Wildman–Crippen LogP) is 6.31. The normalized spacial score (nSPS) is 16.4. The summed E-state index contributed by atoms with van der Waals surface area (Å²) in [5, 5.41) is 7.73. The Morgan fingerprint density at radius 1 is 0.964 bits per heavy atom. The Morgan fingerprint density at radius 2 is 1.68 bits per heavy atom. The molecule has 28 heavy (non-hydrogen) atoms. The summed E-state index contributed by atoms with van der Waals surface area (Å²) in [5.41, 5.74) is 1.92. The molecule has 0 fully saturated rings. The standard InChI is InChI=1S/C18H10Cl3F3N4/c19-11-4-1-9(2-5-11)14-8-15(10-3-6-12(20)13(21)7-10)28-17(25-14)26-16(27-28)18(22,23)24/h1-8,15H,(H,25,26,27). The Bertz CT molecular complexity index is 1070. The van der Waals surface area contributed by atoms with Gasteiger partial charge in [0.15, 0.2) is 0 Å². The van der Waals surface area contributed by atoms with Crippen molar-refractivity contribution in [3.8, 4) is 0 Å². The zero-order valence-corrected chi connectivity index (χ0v) is 16.1. The van der Waals surface area contributed by atoms with Crippen LogP contribution in [0.15, 0.2) is 48.5 Å². The largest absolute Gasteiger partial charge is 0.453 e. The molecule has 144 valence electrons. The van der Waals surface area contributed by atoms with Crippen LogP contribution in [-0.4, -0.2) is 14.8 Å². The van der Waals surface area contributed by atoms with Crippen LogP contribution in [0.5, 0.6) is 0 Å². The van der Waals surface area contributed by atoms with Gasteiger partial charge in [0.25, 0.3) is 5.82 Å². The number of nitrogens with zero attached hydrogens (tertiary/aromatic N) is 3. The molecule has 1 unspecified atom stereocenters. The minimum atomic E-state index is -4.67. The molecule has 0 aliphatic carbocycles. The molecule has 0 saturated heterocycles. The first-order valence-corrected chi connectivity index (χ1v) is 9.09. The topological polar surface area (TPSA) is 42.7 Å². The van der Waals surface area contributed by atoms with Crippen LogP contribution in [-0.2, 0) is 6.18 Å². The number of allylic oxidation sites excluding steroid dienone is 1. The third kappa shape index (κ3) is 3.57. The molecule has 2 heterocycles. The molecule has 1 aliphatic heterocycles. The van der Waals surface area contributed by atoms with Gasteiger partial charge in [0.2, 0.25) is 5.95 Å². The van der Waals surface area contributed by atoms with Crippen LogP contribution >= 0.6 is 34.8 Å². The van der Waals surface area contributed by atoms with Crippen molar-refractivity contribution in [3.63, 3.8) is 0 Å². The first kappa shape index (κ1) is 19.1. The average Bonchev–Trinajstić information content (AvgIpc) is 3.08. The zero-order chi connectivity index (χ0) is 20.1. The predicted molar refractivity (Wildman–Crippen MR) is 103 cm³/mol. The highest BCUT2D eigenvalue weighted by Crippen LogP contribution is 2.37. The molecule has 3 aromatic rings. The number of anilines is 1. The number of fused-ring (bicyclic) bond motifs is 1. The molecule has 1 aliphatic rings. The minimum Gasteiger partial charge on any atom is -0.324 e. The number of aromatic nitrogens is 3. The van der Waals surface area contributed by atoms with Gasteiger partial charge >= 0.3 is 6.18 Å². The van der Waals surface area contributed by atoms with Crippen molar-refractivity contribution in [2.75, 3.05) is 5.32 Å². The van der Waals surface area contributed by atoms with Crippen LogP contribution in [0, 0.1) is 0 Å². The second kappa shape index (κ2) is 6.99. The lowest BCUT2D eigenvalue weighted by Gasteiger charge is -2.24. The molecule has 0 amide bonds. The van der Waals surface area contributed by atoms with Gasteiger partial charge in [0.1, 0.15) is 6.04 Å². The summed E-state index contributed by atoms with van der Waals surface area (Å²) in [6.45, 7) is 0. The van der Waals surface area contributed by atoms with Crippen molar-refractivity contribution in [2.45, 2.75) is 12.2 Å². The van der Waals surface area contributed by atoms with E-state index in [0.29, 0.717) is 21.3 Å². The fourth-order valence-corrected chi connectivity index (χ4v) is 3.28. The van der Waals surface area contributed by atoms with E-state index < -0.39 is 18.0 Å². The molecule has 1 atom stereocenters. The third-order valence-electron chi connectivity index (χ3n) is 4.16. The smallest absolute Gasteiger partial charge is 0.324 e. The fourth-order valence-electron chi connectivity index (χ4n) is 2.84. The number of nitrogens with one attached hydrogen (secondary N) is 1. The van der Waals surface area contributed by atoms with Crippen molar-refractivity contribution in [3.05, 3.63) is 80.6 Å². The Balaban J connectivity index is 1.85. The number of hydrogen-bond acceptors (Lipinski definition) is 3. The van der Waals surface area contributed by atoms with E-state index in [9.17, 15) is 13.2 Å². The number of benzene rings is 2. The molecule has 2 aromatic carbocycles. The molecule has 1 aromatic heterocycles. The molecule has 10 heteroatoms. The van der Waals surface area contributed by atoms with E-state index in [1.165, 1.54) is 4.68 Å². The molecule has 0 bridgehead atoms. The van der Waals surface area contributed by atoms with Gasteiger partial charge in [-0.05, 0) is 41.5 Å². The fraction of sp³-hybridized carbons (Fsp3) is 0.111. The second-order valence-corrected chi connectivity index (χ2v) is 7.28. The summed E-state index contributed by atoms with van der Waals surface area (Å²) in [7, 11) is 0. The summed E-state index contributed by atoms with van der Waals surface area (Å²) in [5.74, 6) is -1.26. The van der Waals surface area contributed by atoms with E-state index in [1.807, 2.05) is 0 Å². The number of rotatable bonds is 2. The summed E-state index contributed by atoms with van der Waals surface area (Å²) in [6.07, 6.45) is -2.93. The Labute approximate surface area is 172 Å². The number of alkyl halides is 3. The molecule has 0 saturated carbocycles. The highest BCUT2D eigenvalue weighted by atomic mass is 35.5. The van der Waals surface area contributed by atoms with Gasteiger partial charge in [0.05, 0.1) is 10.0 Å². The van der Waals surface area contributed by atoms with Gasteiger partial charge in [-0.1, -0.05) is 53.0 Å². The van der Waals surface area contributed by atoms with Crippen LogP contribution in [0.1, 0.15) is 23.0 Å². The minimum absolute atomic E-state index is 0.0316. The van der Waals surface area contributed by atoms with Gasteiger partial charge in [-0.2, -0.15) is 18.2 Å². The second-order valence-electron chi connectivity index (χ2n) is 6.03. The molecule has 4 nitrogen and oxygen atoms in total. The highest BCUT2D eigenvalue weighted by Gasteiger charge is 2.39. The van der Waals surface area contributed by atoms with Gasteiger partial charge in [0, 0.05) is 10.7 Å². The quantitative estimate of drug-likeness (QED) is 0.502. The summed E-state index contributed by atoms with van der Waals surface area (Å²) in [4.78, 5) is 3.62. The van der Waals surface area contributed by atoms with Crippen LogP contribution in [0.4, 0.5) is 19.1 Å². The van der Waals surface area contributed by atoms with Gasteiger partial charge in [-0.25, -0.2) is 4.68 Å². The molecule has 4 rings (SSSR count). The number of hydrogen-bond donors (Lipinski definition) is 1. The van der Waals surface area contributed by atoms with Gasteiger partial charge in [-0.3, -0.25) is 0 Å². The lowest BCUT2D eigenvalue weighted by Crippen LogP contribution is -2.20. The van der Waals surface area contributed by atoms with E-state index in [2.05, 4.69) is 15.4 Å². The zero-order valence-electron chi connectivity index (χ0n) is 13.8. The third-order valence-corrected chi connectivity index (χ3v) is 5.15. The lowest BCUT2D eigenvalue weighted by atomic mass is 10.0. The maximum Gasteiger partial charge on any atom is 0.453 e. The maximum absolute atomic E-state index is 13.1. The van der Waals surface area contributed by atoms with E-state index in [-0.39, 0.29) is 11.0 Å². The van der Waals surface area contributed by atoms with Crippen molar-refractivity contribution >= 4 is 46.4 Å². The van der Waals surface area contributed by atoms with Gasteiger partial charge < -0.3 is 5.32 Å². The van der Waals surface area contributed by atoms with Crippen LogP contribution < -0.4 is 5.32 Å². The van der Waals surface area contributed by atoms with Crippen LogP contribution in [0.2, 0.25) is 15.1 Å². The van der Waals surface area contributed by atoms with Crippen molar-refractivity contribution < 1.29 is 13.2 Å². The Morgan fingerprint density at radius 3 is 2.32 bits per heavy atom. The summed E-state index contributed by atoms with van der Waals surface area (Å²) >= 11 is 18.0. The molecule has 1 N–H and O–H groups in total. The lowest BCUT2D eigenvalue weighted by molar-refractivity contribution is -0.145. The number of halogens is 6. The first-order chi connectivity index (χ1) is 13.2. The van der Waals surface area contributed by atoms with Crippen LogP contribution in [0.25, 0.3) is 5.70 Å². The average molecular weight is 446 g/mol. The Kier molecular flexibility index (Phi) is 4.77. The van der Waals surface area contributed by atoms with Crippen molar-refractivity contribution in [1.29, 1.82) is 0 Å². The first-order valence-electron chi connectivity index (χ1n) is 7.96. The molecular formula is C18H10Cl3F3N4. The van der Waals surface area contributed by atoms with E-state index in [4.69, 9.17) is 34.8 Å². The highest BCUT2D eigenvalue weighted by molar-refractivity contribution is 6.42. The monoisotopic (exact) mass is 444 g/mol. The van der Waals surface area contributed by atoms with Crippen LogP contribution in [0.3, 0.4) is 0 Å².